The minimum absolute atomic E-state index is 0.111. The Morgan fingerprint density at radius 2 is 2.14 bits per heavy atom. The first-order valence-electron chi connectivity index (χ1n) is 6.35. The quantitative estimate of drug-likeness (QED) is 0.879. The van der Waals surface area contributed by atoms with Crippen LogP contribution >= 0.6 is 0 Å². The molecule has 1 aliphatic heterocycles. The van der Waals surface area contributed by atoms with E-state index in [0.29, 0.717) is 11.4 Å². The van der Waals surface area contributed by atoms with Gasteiger partial charge in [0.25, 0.3) is 0 Å². The number of amides is 1. The summed E-state index contributed by atoms with van der Waals surface area (Å²) in [6.07, 6.45) is -2.57. The molecule has 1 aromatic heterocycles. The maximum Gasteiger partial charge on any atom is 0.416 e. The van der Waals surface area contributed by atoms with Gasteiger partial charge in [-0.15, -0.1) is 0 Å². The van der Waals surface area contributed by atoms with Crippen LogP contribution in [0.1, 0.15) is 29.0 Å². The van der Waals surface area contributed by atoms with Crippen molar-refractivity contribution in [3.05, 3.63) is 47.2 Å². The van der Waals surface area contributed by atoms with E-state index in [2.05, 4.69) is 10.4 Å². The number of benzene rings is 1. The van der Waals surface area contributed by atoms with Gasteiger partial charge < -0.3 is 5.32 Å². The van der Waals surface area contributed by atoms with Gasteiger partial charge in [-0.1, -0.05) is 18.2 Å². The van der Waals surface area contributed by atoms with Crippen molar-refractivity contribution in [2.24, 2.45) is 7.05 Å². The van der Waals surface area contributed by atoms with Crippen LogP contribution in [0.5, 0.6) is 0 Å². The largest absolute Gasteiger partial charge is 0.416 e. The molecule has 2 aromatic rings. The summed E-state index contributed by atoms with van der Waals surface area (Å²) in [7, 11) is 1.70. The fraction of sp³-hybridized carbons (Fsp3) is 0.286. The van der Waals surface area contributed by atoms with Crippen molar-refractivity contribution in [1.82, 2.24) is 9.78 Å². The number of carbonyl (C=O) groups is 1. The topological polar surface area (TPSA) is 46.9 Å². The second-order valence-electron chi connectivity index (χ2n) is 5.03. The highest BCUT2D eigenvalue weighted by Gasteiger charge is 2.33. The van der Waals surface area contributed by atoms with Crippen molar-refractivity contribution in [1.29, 1.82) is 0 Å². The first-order valence-corrected chi connectivity index (χ1v) is 6.35. The van der Waals surface area contributed by atoms with E-state index in [1.54, 1.807) is 19.3 Å². The molecule has 110 valence electrons. The third-order valence-corrected chi connectivity index (χ3v) is 3.50. The summed E-state index contributed by atoms with van der Waals surface area (Å²) >= 11 is 0. The zero-order valence-corrected chi connectivity index (χ0v) is 11.1. The molecule has 2 heterocycles. The van der Waals surface area contributed by atoms with E-state index in [0.717, 1.165) is 17.7 Å². The standard InChI is InChI=1S/C14H12F3N3O/c1-20-7-11-10(6-12(21)18-13(11)19-20)8-3-2-4-9(5-8)14(15,16)17/h2-5,7,10H,6H2,1H3,(H,18,19,21). The summed E-state index contributed by atoms with van der Waals surface area (Å²) < 4.78 is 40.0. The Morgan fingerprint density at radius 1 is 1.38 bits per heavy atom. The van der Waals surface area contributed by atoms with E-state index < -0.39 is 17.7 Å². The van der Waals surface area contributed by atoms with Gasteiger partial charge in [0.1, 0.15) is 0 Å². The SMILES string of the molecule is Cn1cc2c(n1)NC(=O)CC2c1cccc(C(F)(F)F)c1. The van der Waals surface area contributed by atoms with Crippen molar-refractivity contribution in [3.63, 3.8) is 0 Å². The summed E-state index contributed by atoms with van der Waals surface area (Å²) in [4.78, 5) is 11.7. The molecule has 0 radical (unpaired) electrons. The summed E-state index contributed by atoms with van der Waals surface area (Å²) in [5.41, 5.74) is 0.488. The lowest BCUT2D eigenvalue weighted by Gasteiger charge is -2.22. The maximum atomic E-state index is 12.8. The number of halogens is 3. The number of nitrogens with zero attached hydrogens (tertiary/aromatic N) is 2. The van der Waals surface area contributed by atoms with Gasteiger partial charge >= 0.3 is 6.18 Å². The minimum Gasteiger partial charge on any atom is -0.309 e. The van der Waals surface area contributed by atoms with Gasteiger partial charge in [-0.25, -0.2) is 0 Å². The molecule has 7 heteroatoms. The molecular weight excluding hydrogens is 283 g/mol. The Bertz CT molecular complexity index is 706. The van der Waals surface area contributed by atoms with Crippen LogP contribution in [0.15, 0.2) is 30.5 Å². The predicted octanol–water partition coefficient (Wildman–Crippen LogP) is 2.91. The van der Waals surface area contributed by atoms with Crippen molar-refractivity contribution < 1.29 is 18.0 Å². The average Bonchev–Trinajstić information content (AvgIpc) is 2.77. The number of carbonyl (C=O) groups excluding carboxylic acids is 1. The third kappa shape index (κ3) is 2.51. The molecule has 21 heavy (non-hydrogen) atoms. The van der Waals surface area contributed by atoms with Gasteiger partial charge in [0.05, 0.1) is 5.56 Å². The molecule has 0 spiro atoms. The fourth-order valence-corrected chi connectivity index (χ4v) is 2.57. The van der Waals surface area contributed by atoms with Crippen molar-refractivity contribution in [2.45, 2.75) is 18.5 Å². The molecule has 0 aliphatic carbocycles. The molecule has 1 aromatic carbocycles. The average molecular weight is 295 g/mol. The first-order chi connectivity index (χ1) is 9.84. The zero-order valence-electron chi connectivity index (χ0n) is 11.1. The highest BCUT2D eigenvalue weighted by atomic mass is 19.4. The van der Waals surface area contributed by atoms with E-state index in [1.807, 2.05) is 0 Å². The molecule has 3 rings (SSSR count). The third-order valence-electron chi connectivity index (χ3n) is 3.50. The Kier molecular flexibility index (Phi) is 3.00. The second kappa shape index (κ2) is 4.61. The van der Waals surface area contributed by atoms with E-state index in [9.17, 15) is 18.0 Å². The van der Waals surface area contributed by atoms with Crippen LogP contribution in [-0.2, 0) is 18.0 Å². The molecule has 0 bridgehead atoms. The van der Waals surface area contributed by atoms with Crippen molar-refractivity contribution >= 4 is 11.7 Å². The smallest absolute Gasteiger partial charge is 0.309 e. The lowest BCUT2D eigenvalue weighted by atomic mass is 9.86. The van der Waals surface area contributed by atoms with E-state index in [1.165, 1.54) is 10.7 Å². The fourth-order valence-electron chi connectivity index (χ4n) is 2.57. The number of aromatic nitrogens is 2. The van der Waals surface area contributed by atoms with E-state index in [-0.39, 0.29) is 12.3 Å². The molecule has 1 aliphatic rings. The van der Waals surface area contributed by atoms with Crippen LogP contribution in [0.2, 0.25) is 0 Å². The van der Waals surface area contributed by atoms with Crippen LogP contribution < -0.4 is 5.32 Å². The normalized spacial score (nSPS) is 18.3. The molecule has 4 nitrogen and oxygen atoms in total. The second-order valence-corrected chi connectivity index (χ2v) is 5.03. The Balaban J connectivity index is 2.06. The summed E-state index contributed by atoms with van der Waals surface area (Å²) in [6.45, 7) is 0. The lowest BCUT2D eigenvalue weighted by molar-refractivity contribution is -0.137. The van der Waals surface area contributed by atoms with E-state index >= 15 is 0 Å². The summed E-state index contributed by atoms with van der Waals surface area (Å²) in [5.74, 6) is -0.246. The number of aryl methyl sites for hydroxylation is 1. The molecule has 1 N–H and O–H groups in total. The van der Waals surface area contributed by atoms with Crippen LogP contribution in [0.4, 0.5) is 19.0 Å². The molecule has 0 saturated carbocycles. The van der Waals surface area contributed by atoms with Gasteiger partial charge in [-0.3, -0.25) is 9.48 Å². The molecule has 1 atom stereocenters. The molecular formula is C14H12F3N3O. The number of anilines is 1. The lowest BCUT2D eigenvalue weighted by Crippen LogP contribution is -2.23. The monoisotopic (exact) mass is 295 g/mol. The number of alkyl halides is 3. The molecule has 1 unspecified atom stereocenters. The van der Waals surface area contributed by atoms with E-state index in [4.69, 9.17) is 0 Å². The number of hydrogen-bond acceptors (Lipinski definition) is 2. The van der Waals surface area contributed by atoms with Gasteiger partial charge in [0.2, 0.25) is 5.91 Å². The number of nitrogens with one attached hydrogen (secondary N) is 1. The summed E-state index contributed by atoms with van der Waals surface area (Å²) in [5, 5.41) is 6.74. The molecule has 1 amide bonds. The Labute approximate surface area is 118 Å². The number of rotatable bonds is 1. The Hall–Kier alpha value is -2.31. The van der Waals surface area contributed by atoms with Crippen LogP contribution in [0.3, 0.4) is 0 Å². The van der Waals surface area contributed by atoms with Crippen LogP contribution in [0, 0.1) is 0 Å². The van der Waals surface area contributed by atoms with Crippen molar-refractivity contribution in [3.8, 4) is 0 Å². The summed E-state index contributed by atoms with van der Waals surface area (Å²) in [6, 6.07) is 5.09. The predicted molar refractivity (Wildman–Crippen MR) is 69.7 cm³/mol. The number of hydrogen-bond donors (Lipinski definition) is 1. The van der Waals surface area contributed by atoms with Gasteiger partial charge in [0.15, 0.2) is 5.82 Å². The highest BCUT2D eigenvalue weighted by molar-refractivity contribution is 5.94. The van der Waals surface area contributed by atoms with Gasteiger partial charge in [-0.2, -0.15) is 18.3 Å². The maximum absolute atomic E-state index is 12.8. The first kappa shape index (κ1) is 13.7. The van der Waals surface area contributed by atoms with Gasteiger partial charge in [0, 0.05) is 31.1 Å². The van der Waals surface area contributed by atoms with Crippen LogP contribution in [-0.4, -0.2) is 15.7 Å². The number of fused-ring (bicyclic) bond motifs is 1. The molecule has 0 fully saturated rings. The minimum atomic E-state index is -4.40. The Morgan fingerprint density at radius 3 is 2.86 bits per heavy atom. The zero-order chi connectivity index (χ0) is 15.2. The van der Waals surface area contributed by atoms with Crippen LogP contribution in [0.25, 0.3) is 0 Å². The highest BCUT2D eigenvalue weighted by Crippen LogP contribution is 2.38. The molecule has 0 saturated heterocycles. The van der Waals surface area contributed by atoms with Crippen molar-refractivity contribution in [2.75, 3.05) is 5.32 Å². The van der Waals surface area contributed by atoms with Gasteiger partial charge in [-0.05, 0) is 11.6 Å².